The Kier molecular flexibility index (Phi) is 8.83. The topological polar surface area (TPSA) is 99.1 Å². The number of rotatable bonds is 10. The van der Waals surface area contributed by atoms with Gasteiger partial charge in [-0.05, 0) is 50.2 Å². The number of nitrogens with one attached hydrogen (secondary N) is 1. The van der Waals surface area contributed by atoms with Crippen LogP contribution in [0.3, 0.4) is 0 Å². The van der Waals surface area contributed by atoms with Gasteiger partial charge < -0.3 is 29.0 Å². The van der Waals surface area contributed by atoms with Gasteiger partial charge in [-0.1, -0.05) is 0 Å². The minimum atomic E-state index is -1.36. The largest absolute Gasteiger partial charge is 0.497 e. The molecule has 3 aromatic rings. The molecular weight excluding hydrogens is 524 g/mol. The van der Waals surface area contributed by atoms with Crippen molar-refractivity contribution in [3.8, 4) is 11.5 Å². The fourth-order valence-electron chi connectivity index (χ4n) is 4.68. The molecule has 2 amide bonds. The highest BCUT2D eigenvalue weighted by molar-refractivity contribution is 6.05. The van der Waals surface area contributed by atoms with Crippen molar-refractivity contribution in [1.82, 2.24) is 9.88 Å². The Bertz CT molecular complexity index is 1420. The highest BCUT2D eigenvalue weighted by Crippen LogP contribution is 2.36. The van der Waals surface area contributed by atoms with Crippen molar-refractivity contribution in [2.45, 2.75) is 38.5 Å². The molecule has 4 rings (SSSR count). The first-order valence-electron chi connectivity index (χ1n) is 12.7. The molecule has 40 heavy (non-hydrogen) atoms. The molecule has 0 spiro atoms. The van der Waals surface area contributed by atoms with E-state index in [9.17, 15) is 14.4 Å². The van der Waals surface area contributed by atoms with Crippen LogP contribution in [0.5, 0.6) is 11.5 Å². The molecule has 9 nitrogen and oxygen atoms in total. The predicted octanol–water partition coefficient (Wildman–Crippen LogP) is 3.50. The van der Waals surface area contributed by atoms with Gasteiger partial charge in [0.05, 0.1) is 19.8 Å². The molecule has 1 saturated heterocycles. The number of ether oxygens (including phenoxy) is 3. The standard InChI is InChI=1S/C29H31F2N3O6/c1-17(2)40-19-9-7-18(8-10-19)27(35)32-26-21(25-22(30)14-20(39-4)15-23(25)31)16-34(29(26)37)24-6-5-11-33(28(24)36)12-13-38-3/h5-11,14-15,17,21,26H,12-13,16H2,1-4H3,(H,32,35)/t21-,26-/m0/s1. The van der Waals surface area contributed by atoms with E-state index in [-0.39, 0.29) is 42.8 Å². The zero-order valence-corrected chi connectivity index (χ0v) is 22.6. The average molecular weight is 556 g/mol. The fourth-order valence-corrected chi connectivity index (χ4v) is 4.68. The van der Waals surface area contributed by atoms with Crippen molar-refractivity contribution in [2.24, 2.45) is 0 Å². The minimum absolute atomic E-state index is 0.0230. The molecule has 1 aliphatic rings. The summed E-state index contributed by atoms with van der Waals surface area (Å²) in [5, 5.41) is 2.64. The number of aromatic nitrogens is 1. The molecule has 2 aromatic carbocycles. The van der Waals surface area contributed by atoms with Gasteiger partial charge in [-0.25, -0.2) is 8.78 Å². The summed E-state index contributed by atoms with van der Waals surface area (Å²) in [6, 6.07) is 10.0. The summed E-state index contributed by atoms with van der Waals surface area (Å²) in [6.07, 6.45) is 1.49. The summed E-state index contributed by atoms with van der Waals surface area (Å²) >= 11 is 0. The number of hydrogen-bond acceptors (Lipinski definition) is 6. The van der Waals surface area contributed by atoms with Gasteiger partial charge in [-0.3, -0.25) is 14.4 Å². The lowest BCUT2D eigenvalue weighted by Crippen LogP contribution is -2.44. The maximum absolute atomic E-state index is 15.2. The number of carbonyl (C=O) groups is 2. The van der Waals surface area contributed by atoms with Gasteiger partial charge in [0, 0.05) is 55.6 Å². The summed E-state index contributed by atoms with van der Waals surface area (Å²) in [6.45, 7) is 4.01. The highest BCUT2D eigenvalue weighted by Gasteiger charge is 2.46. The van der Waals surface area contributed by atoms with Gasteiger partial charge in [-0.15, -0.1) is 0 Å². The van der Waals surface area contributed by atoms with E-state index < -0.39 is 46.5 Å². The van der Waals surface area contributed by atoms with Crippen LogP contribution >= 0.6 is 0 Å². The van der Waals surface area contributed by atoms with E-state index in [2.05, 4.69) is 5.32 Å². The van der Waals surface area contributed by atoms with E-state index in [1.807, 2.05) is 13.8 Å². The van der Waals surface area contributed by atoms with Crippen LogP contribution in [-0.2, 0) is 16.1 Å². The molecule has 1 N–H and O–H groups in total. The first kappa shape index (κ1) is 28.8. The summed E-state index contributed by atoms with van der Waals surface area (Å²) < 4.78 is 47.4. The average Bonchev–Trinajstić information content (AvgIpc) is 3.22. The van der Waals surface area contributed by atoms with Crippen LogP contribution in [0, 0.1) is 11.6 Å². The molecular formula is C29H31F2N3O6. The Morgan fingerprint density at radius 2 is 1.73 bits per heavy atom. The molecule has 2 atom stereocenters. The first-order valence-corrected chi connectivity index (χ1v) is 12.7. The Morgan fingerprint density at radius 1 is 1.05 bits per heavy atom. The smallest absolute Gasteiger partial charge is 0.274 e. The fraction of sp³-hybridized carbons (Fsp3) is 0.345. The molecule has 0 saturated carbocycles. The number of pyridine rings is 1. The number of nitrogens with zero attached hydrogens (tertiary/aromatic N) is 2. The molecule has 212 valence electrons. The quantitative estimate of drug-likeness (QED) is 0.411. The number of hydrogen-bond donors (Lipinski definition) is 1. The number of methoxy groups -OCH3 is 2. The number of anilines is 1. The third kappa shape index (κ3) is 5.99. The van der Waals surface area contributed by atoms with Crippen LogP contribution in [0.25, 0.3) is 0 Å². The van der Waals surface area contributed by atoms with Crippen molar-refractivity contribution in [2.75, 3.05) is 32.3 Å². The predicted molar refractivity (Wildman–Crippen MR) is 144 cm³/mol. The van der Waals surface area contributed by atoms with Gasteiger partial charge in [0.1, 0.15) is 34.9 Å². The van der Waals surface area contributed by atoms with Crippen LogP contribution in [-0.4, -0.2) is 55.9 Å². The molecule has 0 aliphatic carbocycles. The molecule has 1 fully saturated rings. The van der Waals surface area contributed by atoms with Crippen molar-refractivity contribution in [1.29, 1.82) is 0 Å². The van der Waals surface area contributed by atoms with Crippen LogP contribution in [0.1, 0.15) is 35.7 Å². The van der Waals surface area contributed by atoms with Crippen molar-refractivity contribution < 1.29 is 32.6 Å². The van der Waals surface area contributed by atoms with Gasteiger partial charge >= 0.3 is 0 Å². The third-order valence-corrected chi connectivity index (χ3v) is 6.57. The second kappa shape index (κ2) is 12.3. The van der Waals surface area contributed by atoms with Crippen molar-refractivity contribution in [3.05, 3.63) is 87.8 Å². The Morgan fingerprint density at radius 3 is 2.33 bits per heavy atom. The molecule has 11 heteroatoms. The lowest BCUT2D eigenvalue weighted by atomic mass is 9.92. The summed E-state index contributed by atoms with van der Waals surface area (Å²) in [5.74, 6) is -3.78. The molecule has 1 aliphatic heterocycles. The maximum Gasteiger partial charge on any atom is 0.274 e. The Labute approximate surface area is 230 Å². The van der Waals surface area contributed by atoms with Gasteiger partial charge in [0.25, 0.3) is 11.5 Å². The van der Waals surface area contributed by atoms with Crippen molar-refractivity contribution >= 4 is 17.5 Å². The lowest BCUT2D eigenvalue weighted by molar-refractivity contribution is -0.118. The molecule has 1 aromatic heterocycles. The van der Waals surface area contributed by atoms with Gasteiger partial charge in [-0.2, -0.15) is 0 Å². The van der Waals surface area contributed by atoms with E-state index in [0.29, 0.717) is 5.75 Å². The van der Waals surface area contributed by atoms with Crippen molar-refractivity contribution in [3.63, 3.8) is 0 Å². The summed E-state index contributed by atoms with van der Waals surface area (Å²) in [5.41, 5.74) is -0.624. The number of benzene rings is 2. The monoisotopic (exact) mass is 555 g/mol. The highest BCUT2D eigenvalue weighted by atomic mass is 19.1. The van der Waals surface area contributed by atoms with Crippen LogP contribution in [0.15, 0.2) is 59.5 Å². The lowest BCUT2D eigenvalue weighted by Gasteiger charge is -2.20. The number of carbonyl (C=O) groups excluding carboxylic acids is 2. The van der Waals surface area contributed by atoms with E-state index in [1.54, 1.807) is 24.4 Å². The van der Waals surface area contributed by atoms with Gasteiger partial charge in [0.15, 0.2) is 0 Å². The molecule has 2 heterocycles. The zero-order chi connectivity index (χ0) is 29.0. The molecule has 0 bridgehead atoms. The van der Waals surface area contributed by atoms with E-state index >= 15 is 8.78 Å². The minimum Gasteiger partial charge on any atom is -0.497 e. The van der Waals surface area contributed by atoms with Crippen LogP contribution in [0.4, 0.5) is 14.5 Å². The number of halogens is 2. The number of amides is 2. The molecule has 0 unspecified atom stereocenters. The Hall–Kier alpha value is -4.25. The molecule has 0 radical (unpaired) electrons. The van der Waals surface area contributed by atoms with Crippen LogP contribution in [0.2, 0.25) is 0 Å². The second-order valence-electron chi connectivity index (χ2n) is 9.59. The van der Waals surface area contributed by atoms with Gasteiger partial charge in [0.2, 0.25) is 5.91 Å². The van der Waals surface area contributed by atoms with E-state index in [4.69, 9.17) is 14.2 Å². The summed E-state index contributed by atoms with van der Waals surface area (Å²) in [4.78, 5) is 41.2. The third-order valence-electron chi connectivity index (χ3n) is 6.57. The normalized spacial score (nSPS) is 16.9. The van der Waals surface area contributed by atoms with Crippen LogP contribution < -0.4 is 25.2 Å². The SMILES string of the molecule is COCCn1cccc(N2C[C@@H](c3c(F)cc(OC)cc3F)[C@H](NC(=O)c3ccc(OC(C)C)cc3)C2=O)c1=O. The summed E-state index contributed by atoms with van der Waals surface area (Å²) in [7, 11) is 2.78. The Balaban J connectivity index is 1.71. The maximum atomic E-state index is 15.2. The zero-order valence-electron chi connectivity index (χ0n) is 22.6. The van der Waals surface area contributed by atoms with E-state index in [0.717, 1.165) is 17.0 Å². The van der Waals surface area contributed by atoms with E-state index in [1.165, 1.54) is 37.0 Å². The second-order valence-corrected chi connectivity index (χ2v) is 9.59. The first-order chi connectivity index (χ1) is 19.1.